The van der Waals surface area contributed by atoms with Gasteiger partial charge in [0.1, 0.15) is 5.75 Å². The zero-order valence-electron chi connectivity index (χ0n) is 9.32. The lowest BCUT2D eigenvalue weighted by atomic mass is 10.2. The van der Waals surface area contributed by atoms with E-state index >= 15 is 0 Å². The minimum absolute atomic E-state index is 0.0637. The first-order valence-electron chi connectivity index (χ1n) is 5.28. The molecule has 0 unspecified atom stereocenters. The van der Waals surface area contributed by atoms with Crippen LogP contribution in [0, 0.1) is 0 Å². The van der Waals surface area contributed by atoms with Gasteiger partial charge in [0, 0.05) is 0 Å². The van der Waals surface area contributed by atoms with E-state index < -0.39 is 11.2 Å². The number of rotatable bonds is 3. The summed E-state index contributed by atoms with van der Waals surface area (Å²) < 4.78 is 5.35. The van der Waals surface area contributed by atoms with E-state index in [9.17, 15) is 9.59 Å². The van der Waals surface area contributed by atoms with E-state index in [-0.39, 0.29) is 5.75 Å². The van der Waals surface area contributed by atoms with Crippen LogP contribution in [-0.4, -0.2) is 9.97 Å². The molecule has 0 spiro atoms. The summed E-state index contributed by atoms with van der Waals surface area (Å²) in [5.41, 5.74) is 0.0877. The van der Waals surface area contributed by atoms with Gasteiger partial charge in [-0.05, 0) is 24.1 Å². The first-order valence-corrected chi connectivity index (χ1v) is 5.28. The molecule has 1 aromatic heterocycles. The number of benzene rings is 1. The molecule has 0 saturated heterocycles. The van der Waals surface area contributed by atoms with Crippen molar-refractivity contribution in [3.63, 3.8) is 0 Å². The SMILES string of the molecule is CCc1ccc(Oc2c[nH]c(=O)[nH]c2=O)cc1. The third-order valence-electron chi connectivity index (χ3n) is 2.34. The van der Waals surface area contributed by atoms with Gasteiger partial charge in [0.2, 0.25) is 5.75 Å². The smallest absolute Gasteiger partial charge is 0.325 e. The Balaban J connectivity index is 2.25. The zero-order chi connectivity index (χ0) is 12.3. The van der Waals surface area contributed by atoms with Gasteiger partial charge >= 0.3 is 5.69 Å². The normalized spacial score (nSPS) is 10.2. The molecule has 0 aliphatic heterocycles. The average molecular weight is 232 g/mol. The van der Waals surface area contributed by atoms with Gasteiger partial charge in [-0.2, -0.15) is 0 Å². The van der Waals surface area contributed by atoms with Gasteiger partial charge in [0.05, 0.1) is 6.20 Å². The van der Waals surface area contributed by atoms with Crippen LogP contribution in [0.1, 0.15) is 12.5 Å². The molecule has 0 aliphatic carbocycles. The number of nitrogens with one attached hydrogen (secondary N) is 2. The van der Waals surface area contributed by atoms with Crippen LogP contribution in [0.3, 0.4) is 0 Å². The fourth-order valence-corrected chi connectivity index (χ4v) is 1.39. The fourth-order valence-electron chi connectivity index (χ4n) is 1.39. The molecule has 5 heteroatoms. The zero-order valence-corrected chi connectivity index (χ0v) is 9.32. The van der Waals surface area contributed by atoms with Gasteiger partial charge in [0.15, 0.2) is 0 Å². The second-order valence-corrected chi connectivity index (χ2v) is 3.54. The molecular weight excluding hydrogens is 220 g/mol. The van der Waals surface area contributed by atoms with Crippen molar-refractivity contribution in [2.75, 3.05) is 0 Å². The Bertz CT molecular complexity index is 611. The standard InChI is InChI=1S/C12H12N2O3/c1-2-8-3-5-9(6-4-8)17-10-7-13-12(16)14-11(10)15/h3-7H,2H2,1H3,(H2,13,14,15,16). The van der Waals surface area contributed by atoms with E-state index in [1.807, 2.05) is 12.1 Å². The van der Waals surface area contributed by atoms with Crippen molar-refractivity contribution in [2.45, 2.75) is 13.3 Å². The highest BCUT2D eigenvalue weighted by molar-refractivity contribution is 5.30. The summed E-state index contributed by atoms with van der Waals surface area (Å²) >= 11 is 0. The lowest BCUT2D eigenvalue weighted by molar-refractivity contribution is 0.470. The number of aromatic amines is 2. The minimum atomic E-state index is -0.552. The molecule has 0 aliphatic rings. The van der Waals surface area contributed by atoms with E-state index in [2.05, 4.69) is 16.9 Å². The van der Waals surface area contributed by atoms with E-state index in [0.29, 0.717) is 5.75 Å². The molecular formula is C12H12N2O3. The van der Waals surface area contributed by atoms with Gasteiger partial charge < -0.3 is 9.72 Å². The maximum atomic E-state index is 11.4. The summed E-state index contributed by atoms with van der Waals surface area (Å²) in [7, 11) is 0. The molecule has 2 aromatic rings. The molecule has 17 heavy (non-hydrogen) atoms. The Hall–Kier alpha value is -2.30. The molecule has 1 aromatic carbocycles. The van der Waals surface area contributed by atoms with Crippen molar-refractivity contribution in [1.29, 1.82) is 0 Å². The van der Waals surface area contributed by atoms with Crippen molar-refractivity contribution >= 4 is 0 Å². The van der Waals surface area contributed by atoms with Crippen LogP contribution in [0.5, 0.6) is 11.5 Å². The third kappa shape index (κ3) is 2.63. The maximum absolute atomic E-state index is 11.4. The summed E-state index contributed by atoms with van der Waals surface area (Å²) in [6.07, 6.45) is 2.19. The van der Waals surface area contributed by atoms with Gasteiger partial charge in [-0.3, -0.25) is 9.78 Å². The van der Waals surface area contributed by atoms with Crippen molar-refractivity contribution in [1.82, 2.24) is 9.97 Å². The molecule has 0 radical (unpaired) electrons. The number of aryl methyl sites for hydroxylation is 1. The van der Waals surface area contributed by atoms with Crippen molar-refractivity contribution in [3.05, 3.63) is 56.9 Å². The molecule has 88 valence electrons. The van der Waals surface area contributed by atoms with Crippen LogP contribution in [0.2, 0.25) is 0 Å². The van der Waals surface area contributed by atoms with E-state index in [0.717, 1.165) is 6.42 Å². The Morgan fingerprint density at radius 2 is 1.88 bits per heavy atom. The van der Waals surface area contributed by atoms with Gasteiger partial charge in [-0.15, -0.1) is 0 Å². The van der Waals surface area contributed by atoms with Crippen LogP contribution in [-0.2, 0) is 6.42 Å². The van der Waals surface area contributed by atoms with Crippen LogP contribution >= 0.6 is 0 Å². The largest absolute Gasteiger partial charge is 0.450 e. The van der Waals surface area contributed by atoms with Crippen LogP contribution in [0.15, 0.2) is 40.1 Å². The monoisotopic (exact) mass is 232 g/mol. The van der Waals surface area contributed by atoms with E-state index in [1.165, 1.54) is 11.8 Å². The molecule has 5 nitrogen and oxygen atoms in total. The van der Waals surface area contributed by atoms with Crippen molar-refractivity contribution < 1.29 is 4.74 Å². The number of ether oxygens (including phenoxy) is 1. The number of hydrogen-bond acceptors (Lipinski definition) is 3. The summed E-state index contributed by atoms with van der Waals surface area (Å²) in [6, 6.07) is 7.41. The molecule has 2 rings (SSSR count). The first kappa shape index (κ1) is 11.2. The predicted octanol–water partition coefficient (Wildman–Crippen LogP) is 1.42. The quantitative estimate of drug-likeness (QED) is 0.840. The summed E-state index contributed by atoms with van der Waals surface area (Å²) in [5.74, 6) is 0.619. The Morgan fingerprint density at radius 3 is 2.47 bits per heavy atom. The minimum Gasteiger partial charge on any atom is -0.450 e. The molecule has 1 heterocycles. The first-order chi connectivity index (χ1) is 8.19. The molecule has 0 amide bonds. The Kier molecular flexibility index (Phi) is 3.09. The number of H-pyrrole nitrogens is 2. The Morgan fingerprint density at radius 1 is 1.18 bits per heavy atom. The Labute approximate surface area is 97.1 Å². The van der Waals surface area contributed by atoms with Crippen LogP contribution in [0.25, 0.3) is 0 Å². The van der Waals surface area contributed by atoms with Crippen molar-refractivity contribution in [3.8, 4) is 11.5 Å². The summed E-state index contributed by atoms with van der Waals surface area (Å²) in [5, 5.41) is 0. The van der Waals surface area contributed by atoms with Crippen LogP contribution in [0.4, 0.5) is 0 Å². The van der Waals surface area contributed by atoms with E-state index in [1.54, 1.807) is 12.1 Å². The molecule has 2 N–H and O–H groups in total. The summed E-state index contributed by atoms with van der Waals surface area (Å²) in [6.45, 7) is 2.06. The molecule has 0 fully saturated rings. The lowest BCUT2D eigenvalue weighted by Crippen LogP contribution is -2.21. The van der Waals surface area contributed by atoms with Crippen LogP contribution < -0.4 is 16.0 Å². The average Bonchev–Trinajstić information content (AvgIpc) is 2.34. The fraction of sp³-hybridized carbons (Fsp3) is 0.167. The predicted molar refractivity (Wildman–Crippen MR) is 63.6 cm³/mol. The van der Waals surface area contributed by atoms with Crippen molar-refractivity contribution in [2.24, 2.45) is 0 Å². The number of aromatic nitrogens is 2. The number of hydrogen-bond donors (Lipinski definition) is 2. The van der Waals surface area contributed by atoms with Gasteiger partial charge in [-0.25, -0.2) is 4.79 Å². The topological polar surface area (TPSA) is 75.0 Å². The van der Waals surface area contributed by atoms with E-state index in [4.69, 9.17) is 4.74 Å². The highest BCUT2D eigenvalue weighted by Crippen LogP contribution is 2.17. The third-order valence-corrected chi connectivity index (χ3v) is 2.34. The maximum Gasteiger partial charge on any atom is 0.325 e. The molecule has 0 atom stereocenters. The lowest BCUT2D eigenvalue weighted by Gasteiger charge is -2.04. The highest BCUT2D eigenvalue weighted by atomic mass is 16.5. The second-order valence-electron chi connectivity index (χ2n) is 3.54. The van der Waals surface area contributed by atoms with Gasteiger partial charge in [0.25, 0.3) is 5.56 Å². The van der Waals surface area contributed by atoms with Gasteiger partial charge in [-0.1, -0.05) is 19.1 Å². The molecule has 0 saturated carbocycles. The second kappa shape index (κ2) is 4.69. The summed E-state index contributed by atoms with van der Waals surface area (Å²) in [4.78, 5) is 26.6. The molecule has 0 bridgehead atoms. The highest BCUT2D eigenvalue weighted by Gasteiger charge is 2.02.